The molecular formula is C20H17Br2N3O. The molecular weight excluding hydrogens is 458 g/mol. The van der Waals surface area contributed by atoms with Gasteiger partial charge in [-0.1, -0.05) is 34.1 Å². The summed E-state index contributed by atoms with van der Waals surface area (Å²) in [4.78, 5) is 12.2. The van der Waals surface area contributed by atoms with E-state index < -0.39 is 0 Å². The van der Waals surface area contributed by atoms with E-state index in [-0.39, 0.29) is 5.91 Å². The van der Waals surface area contributed by atoms with E-state index in [1.165, 1.54) is 0 Å². The first-order chi connectivity index (χ1) is 12.5. The van der Waals surface area contributed by atoms with E-state index in [1.807, 2.05) is 50.2 Å². The van der Waals surface area contributed by atoms with E-state index in [4.69, 9.17) is 0 Å². The first kappa shape index (κ1) is 18.6. The van der Waals surface area contributed by atoms with Crippen LogP contribution in [0.4, 0.5) is 0 Å². The average Bonchev–Trinajstić information content (AvgIpc) is 2.89. The number of aryl methyl sites for hydroxylation is 1. The second-order valence-corrected chi connectivity index (χ2v) is 7.59. The molecule has 1 N–H and O–H groups in total. The van der Waals surface area contributed by atoms with Crippen molar-refractivity contribution in [2.75, 3.05) is 0 Å². The van der Waals surface area contributed by atoms with Crippen LogP contribution in [0, 0.1) is 13.8 Å². The van der Waals surface area contributed by atoms with Gasteiger partial charge in [0.15, 0.2) is 0 Å². The number of halogens is 2. The lowest BCUT2D eigenvalue weighted by Gasteiger charge is -2.09. The third-order valence-electron chi connectivity index (χ3n) is 4.02. The Kier molecular flexibility index (Phi) is 5.74. The molecule has 0 unspecified atom stereocenters. The molecule has 6 heteroatoms. The fourth-order valence-electron chi connectivity index (χ4n) is 2.80. The molecule has 0 saturated carbocycles. The fraction of sp³-hybridized carbons (Fsp3) is 0.100. The smallest absolute Gasteiger partial charge is 0.272 e. The molecule has 2 aromatic carbocycles. The second kappa shape index (κ2) is 8.01. The highest BCUT2D eigenvalue weighted by Gasteiger charge is 2.11. The van der Waals surface area contributed by atoms with Crippen LogP contribution in [-0.4, -0.2) is 16.7 Å². The lowest BCUT2D eigenvalue weighted by molar-refractivity contribution is 0.0954. The maximum absolute atomic E-state index is 12.2. The summed E-state index contributed by atoms with van der Waals surface area (Å²) in [5.41, 5.74) is 7.30. The minimum atomic E-state index is -0.255. The van der Waals surface area contributed by atoms with Crippen LogP contribution in [0.2, 0.25) is 0 Å². The Labute approximate surface area is 169 Å². The third-order valence-corrected chi connectivity index (χ3v) is 5.21. The van der Waals surface area contributed by atoms with Crippen molar-refractivity contribution >= 4 is 44.0 Å². The predicted molar refractivity (Wildman–Crippen MR) is 112 cm³/mol. The largest absolute Gasteiger partial charge is 0.318 e. The Morgan fingerprint density at radius 3 is 2.58 bits per heavy atom. The molecule has 3 rings (SSSR count). The van der Waals surface area contributed by atoms with Gasteiger partial charge < -0.3 is 4.57 Å². The number of carbonyl (C=O) groups is 1. The first-order valence-corrected chi connectivity index (χ1v) is 9.59. The van der Waals surface area contributed by atoms with Crippen LogP contribution in [-0.2, 0) is 0 Å². The van der Waals surface area contributed by atoms with E-state index in [0.29, 0.717) is 5.56 Å². The van der Waals surface area contributed by atoms with Crippen molar-refractivity contribution in [3.8, 4) is 5.69 Å². The van der Waals surface area contributed by atoms with Gasteiger partial charge in [0, 0.05) is 31.6 Å². The van der Waals surface area contributed by atoms with Crippen LogP contribution in [0.15, 0.2) is 68.6 Å². The predicted octanol–water partition coefficient (Wildman–Crippen LogP) is 5.38. The fourth-order valence-corrected chi connectivity index (χ4v) is 3.65. The SMILES string of the molecule is Cc1cc(/C=N\NC(=O)c2ccccc2Br)c(C)n1-c1cccc(Br)c1. The number of amides is 1. The number of nitrogens with one attached hydrogen (secondary N) is 1. The quantitative estimate of drug-likeness (QED) is 0.400. The zero-order valence-corrected chi connectivity index (χ0v) is 17.5. The van der Waals surface area contributed by atoms with Gasteiger partial charge in [-0.15, -0.1) is 0 Å². The summed E-state index contributed by atoms with van der Waals surface area (Å²) < 4.78 is 3.92. The molecule has 1 aromatic heterocycles. The Morgan fingerprint density at radius 2 is 1.85 bits per heavy atom. The van der Waals surface area contributed by atoms with Crippen molar-refractivity contribution in [2.24, 2.45) is 5.10 Å². The standard InChI is InChI=1S/C20H17Br2N3O/c1-13-10-15(14(2)25(13)17-7-5-6-16(21)11-17)12-23-24-20(26)18-8-3-4-9-19(18)22/h3-12H,1-2H3,(H,24,26)/b23-12-. The van der Waals surface area contributed by atoms with Gasteiger partial charge in [-0.3, -0.25) is 4.79 Å². The van der Waals surface area contributed by atoms with Crippen molar-refractivity contribution in [1.82, 2.24) is 9.99 Å². The monoisotopic (exact) mass is 473 g/mol. The maximum atomic E-state index is 12.2. The van der Waals surface area contributed by atoms with Gasteiger partial charge in [0.2, 0.25) is 0 Å². The van der Waals surface area contributed by atoms with Crippen LogP contribution in [0.5, 0.6) is 0 Å². The van der Waals surface area contributed by atoms with E-state index in [2.05, 4.69) is 59.1 Å². The lowest BCUT2D eigenvalue weighted by Crippen LogP contribution is -2.18. The zero-order valence-electron chi connectivity index (χ0n) is 14.3. The summed E-state index contributed by atoms with van der Waals surface area (Å²) in [6, 6.07) is 17.4. The average molecular weight is 475 g/mol. The molecule has 4 nitrogen and oxygen atoms in total. The summed E-state index contributed by atoms with van der Waals surface area (Å²) in [7, 11) is 0. The van der Waals surface area contributed by atoms with Crippen molar-refractivity contribution in [2.45, 2.75) is 13.8 Å². The van der Waals surface area contributed by atoms with Crippen LogP contribution in [0.3, 0.4) is 0 Å². The minimum Gasteiger partial charge on any atom is -0.318 e. The van der Waals surface area contributed by atoms with Crippen molar-refractivity contribution in [1.29, 1.82) is 0 Å². The molecule has 26 heavy (non-hydrogen) atoms. The van der Waals surface area contributed by atoms with Gasteiger partial charge in [-0.05, 0) is 66.2 Å². The molecule has 0 aliphatic heterocycles. The van der Waals surface area contributed by atoms with Crippen molar-refractivity contribution in [3.63, 3.8) is 0 Å². The molecule has 1 heterocycles. The zero-order chi connectivity index (χ0) is 18.7. The molecule has 132 valence electrons. The van der Waals surface area contributed by atoms with Crippen LogP contribution in [0.1, 0.15) is 27.3 Å². The van der Waals surface area contributed by atoms with E-state index >= 15 is 0 Å². The van der Waals surface area contributed by atoms with Gasteiger partial charge in [-0.25, -0.2) is 5.43 Å². The molecule has 0 aliphatic rings. The molecule has 0 fully saturated rings. The summed E-state index contributed by atoms with van der Waals surface area (Å²) >= 11 is 6.88. The van der Waals surface area contributed by atoms with Crippen LogP contribution in [0.25, 0.3) is 5.69 Å². The Hall–Kier alpha value is -2.18. The number of aromatic nitrogens is 1. The molecule has 3 aromatic rings. The van der Waals surface area contributed by atoms with Crippen molar-refractivity contribution < 1.29 is 4.79 Å². The molecule has 0 saturated heterocycles. The number of hydrazone groups is 1. The van der Waals surface area contributed by atoms with Gasteiger partial charge in [0.25, 0.3) is 5.91 Å². The number of rotatable bonds is 4. The number of nitrogens with zero attached hydrogens (tertiary/aromatic N) is 2. The molecule has 0 spiro atoms. The van der Waals surface area contributed by atoms with Crippen LogP contribution < -0.4 is 5.43 Å². The van der Waals surface area contributed by atoms with Gasteiger partial charge >= 0.3 is 0 Å². The summed E-state index contributed by atoms with van der Waals surface area (Å²) in [5, 5.41) is 4.12. The Bertz CT molecular complexity index is 992. The Balaban J connectivity index is 1.81. The highest BCUT2D eigenvalue weighted by atomic mass is 79.9. The minimum absolute atomic E-state index is 0.255. The third kappa shape index (κ3) is 3.97. The summed E-state index contributed by atoms with van der Waals surface area (Å²) in [5.74, 6) is -0.255. The van der Waals surface area contributed by atoms with E-state index in [1.54, 1.807) is 12.3 Å². The summed E-state index contributed by atoms with van der Waals surface area (Å²) in [6.45, 7) is 4.08. The number of carbonyl (C=O) groups excluding carboxylic acids is 1. The van der Waals surface area contributed by atoms with Gasteiger partial charge in [-0.2, -0.15) is 5.10 Å². The highest BCUT2D eigenvalue weighted by molar-refractivity contribution is 9.10. The molecule has 0 bridgehead atoms. The van der Waals surface area contributed by atoms with Crippen molar-refractivity contribution in [3.05, 3.63) is 86.1 Å². The molecule has 0 radical (unpaired) electrons. The number of hydrogen-bond donors (Lipinski definition) is 1. The highest BCUT2D eigenvalue weighted by Crippen LogP contribution is 2.22. The lowest BCUT2D eigenvalue weighted by atomic mass is 10.2. The normalized spacial score (nSPS) is 11.1. The van der Waals surface area contributed by atoms with Gasteiger partial charge in [0.1, 0.15) is 0 Å². The Morgan fingerprint density at radius 1 is 1.08 bits per heavy atom. The molecule has 0 aliphatic carbocycles. The van der Waals surface area contributed by atoms with E-state index in [0.717, 1.165) is 31.6 Å². The number of benzene rings is 2. The molecule has 1 amide bonds. The topological polar surface area (TPSA) is 46.4 Å². The van der Waals surface area contributed by atoms with Gasteiger partial charge in [0.05, 0.1) is 11.8 Å². The second-order valence-electron chi connectivity index (χ2n) is 5.82. The maximum Gasteiger partial charge on any atom is 0.272 e. The summed E-state index contributed by atoms with van der Waals surface area (Å²) in [6.07, 6.45) is 1.67. The molecule has 0 atom stereocenters. The van der Waals surface area contributed by atoms with Crippen LogP contribution >= 0.6 is 31.9 Å². The van der Waals surface area contributed by atoms with E-state index in [9.17, 15) is 4.79 Å². The first-order valence-electron chi connectivity index (χ1n) is 8.00. The number of hydrogen-bond acceptors (Lipinski definition) is 2.